The van der Waals surface area contributed by atoms with E-state index in [0.29, 0.717) is 0 Å². The van der Waals surface area contributed by atoms with Crippen LogP contribution in [0.15, 0.2) is 36.9 Å². The second-order valence-electron chi connectivity index (χ2n) is 5.49. The van der Waals surface area contributed by atoms with Gasteiger partial charge in [0.15, 0.2) is 6.29 Å². The molecule has 0 radical (unpaired) electrons. The average molecular weight is 288 g/mol. The van der Waals surface area contributed by atoms with E-state index in [-0.39, 0.29) is 6.29 Å². The normalized spacial score (nSPS) is 22.4. The molecule has 1 atom stereocenters. The molecule has 3 rings (SSSR count). The predicted molar refractivity (Wildman–Crippen MR) is 86.6 cm³/mol. The molecule has 0 saturated carbocycles. The van der Waals surface area contributed by atoms with Crippen molar-refractivity contribution in [2.24, 2.45) is 5.73 Å². The lowest BCUT2D eigenvalue weighted by molar-refractivity contribution is 0.0390. The Kier molecular flexibility index (Phi) is 4.43. The summed E-state index contributed by atoms with van der Waals surface area (Å²) in [5.74, 6) is 0. The molecule has 0 spiro atoms. The maximum atomic E-state index is 6.44. The van der Waals surface area contributed by atoms with Gasteiger partial charge in [-0.15, -0.1) is 6.58 Å². The van der Waals surface area contributed by atoms with Crippen LogP contribution in [0.5, 0.6) is 0 Å². The summed E-state index contributed by atoms with van der Waals surface area (Å²) in [6.07, 6.45) is 1.80. The van der Waals surface area contributed by atoms with Gasteiger partial charge in [-0.3, -0.25) is 10.6 Å². The standard InChI is InChI=1S/C16H24N4O/c1-2-7-19-14-5-3-4-6-15(14)20(16(19)17)9-8-18-10-12-21-13-11-18/h2-6,16H,1,7-13,17H2. The van der Waals surface area contributed by atoms with Crippen LogP contribution in [-0.4, -0.2) is 57.1 Å². The van der Waals surface area contributed by atoms with Crippen LogP contribution in [0.25, 0.3) is 0 Å². The lowest BCUT2D eigenvalue weighted by atomic mass is 10.2. The maximum absolute atomic E-state index is 6.44. The van der Waals surface area contributed by atoms with Gasteiger partial charge >= 0.3 is 0 Å². The van der Waals surface area contributed by atoms with Crippen LogP contribution in [0.3, 0.4) is 0 Å². The van der Waals surface area contributed by atoms with E-state index in [1.165, 1.54) is 11.4 Å². The molecule has 21 heavy (non-hydrogen) atoms. The van der Waals surface area contributed by atoms with Crippen molar-refractivity contribution in [2.45, 2.75) is 6.29 Å². The summed E-state index contributed by atoms with van der Waals surface area (Å²) in [6, 6.07) is 8.42. The van der Waals surface area contributed by atoms with Gasteiger partial charge in [0.05, 0.1) is 24.6 Å². The summed E-state index contributed by atoms with van der Waals surface area (Å²) in [4.78, 5) is 6.92. The first-order valence-electron chi connectivity index (χ1n) is 7.60. The molecule has 5 heteroatoms. The van der Waals surface area contributed by atoms with Crippen LogP contribution >= 0.6 is 0 Å². The van der Waals surface area contributed by atoms with Crippen molar-refractivity contribution in [1.29, 1.82) is 0 Å². The van der Waals surface area contributed by atoms with Gasteiger partial charge in [-0.25, -0.2) is 0 Å². The number of nitrogens with two attached hydrogens (primary N) is 1. The van der Waals surface area contributed by atoms with Crippen molar-refractivity contribution < 1.29 is 4.74 Å². The Bertz CT molecular complexity index is 487. The van der Waals surface area contributed by atoms with Gasteiger partial charge in [0.25, 0.3) is 0 Å². The largest absolute Gasteiger partial charge is 0.379 e. The van der Waals surface area contributed by atoms with Crippen molar-refractivity contribution in [2.75, 3.05) is 55.7 Å². The van der Waals surface area contributed by atoms with Crippen LogP contribution in [0.2, 0.25) is 0 Å². The van der Waals surface area contributed by atoms with E-state index in [1.807, 2.05) is 6.08 Å². The minimum absolute atomic E-state index is 0.110. The number of hydrogen-bond acceptors (Lipinski definition) is 5. The molecule has 0 amide bonds. The third kappa shape index (κ3) is 2.90. The highest BCUT2D eigenvalue weighted by Crippen LogP contribution is 2.37. The van der Waals surface area contributed by atoms with Crippen LogP contribution < -0.4 is 15.5 Å². The van der Waals surface area contributed by atoms with Crippen molar-refractivity contribution in [1.82, 2.24) is 4.90 Å². The molecular weight excluding hydrogens is 264 g/mol. The molecule has 0 aromatic heterocycles. The van der Waals surface area contributed by atoms with Crippen molar-refractivity contribution in [3.8, 4) is 0 Å². The Hall–Kier alpha value is -1.56. The summed E-state index contributed by atoms with van der Waals surface area (Å²) in [7, 11) is 0. The maximum Gasteiger partial charge on any atom is 0.155 e. The number of fused-ring (bicyclic) bond motifs is 1. The monoisotopic (exact) mass is 288 g/mol. The topological polar surface area (TPSA) is 45.0 Å². The molecule has 2 N–H and O–H groups in total. The quantitative estimate of drug-likeness (QED) is 0.821. The molecule has 1 aromatic carbocycles. The zero-order chi connectivity index (χ0) is 14.7. The van der Waals surface area contributed by atoms with E-state index in [4.69, 9.17) is 10.5 Å². The minimum atomic E-state index is -0.110. The van der Waals surface area contributed by atoms with E-state index in [1.54, 1.807) is 0 Å². The fourth-order valence-corrected chi connectivity index (χ4v) is 3.08. The lowest BCUT2D eigenvalue weighted by Gasteiger charge is -2.32. The lowest BCUT2D eigenvalue weighted by Crippen LogP contribution is -2.52. The Labute approximate surface area is 126 Å². The fourth-order valence-electron chi connectivity index (χ4n) is 3.08. The van der Waals surface area contributed by atoms with Crippen LogP contribution in [0, 0.1) is 0 Å². The van der Waals surface area contributed by atoms with Gasteiger partial charge in [0.1, 0.15) is 0 Å². The Morgan fingerprint density at radius 2 is 1.81 bits per heavy atom. The third-order valence-electron chi connectivity index (χ3n) is 4.23. The Morgan fingerprint density at radius 3 is 2.48 bits per heavy atom. The summed E-state index contributed by atoms with van der Waals surface area (Å²) >= 11 is 0. The van der Waals surface area contributed by atoms with E-state index in [2.05, 4.69) is 45.5 Å². The van der Waals surface area contributed by atoms with Crippen LogP contribution in [0.4, 0.5) is 11.4 Å². The number of ether oxygens (including phenoxy) is 1. The number of nitrogens with zero attached hydrogens (tertiary/aromatic N) is 3. The minimum Gasteiger partial charge on any atom is -0.379 e. The van der Waals surface area contributed by atoms with E-state index < -0.39 is 0 Å². The highest BCUT2D eigenvalue weighted by molar-refractivity contribution is 5.77. The van der Waals surface area contributed by atoms with Gasteiger partial charge in [-0.2, -0.15) is 0 Å². The smallest absolute Gasteiger partial charge is 0.155 e. The molecule has 114 valence electrons. The van der Waals surface area contributed by atoms with Crippen molar-refractivity contribution >= 4 is 11.4 Å². The van der Waals surface area contributed by atoms with E-state index in [0.717, 1.165) is 45.9 Å². The van der Waals surface area contributed by atoms with Crippen molar-refractivity contribution in [3.63, 3.8) is 0 Å². The average Bonchev–Trinajstić information content (AvgIpc) is 2.79. The number of para-hydroxylation sites is 2. The number of morpholine rings is 1. The van der Waals surface area contributed by atoms with Crippen molar-refractivity contribution in [3.05, 3.63) is 36.9 Å². The third-order valence-corrected chi connectivity index (χ3v) is 4.23. The zero-order valence-corrected chi connectivity index (χ0v) is 12.4. The summed E-state index contributed by atoms with van der Waals surface area (Å²) in [5.41, 5.74) is 8.86. The summed E-state index contributed by atoms with van der Waals surface area (Å²) in [6.45, 7) is 10.3. The second-order valence-corrected chi connectivity index (χ2v) is 5.49. The molecule has 0 aliphatic carbocycles. The number of benzene rings is 1. The van der Waals surface area contributed by atoms with Gasteiger partial charge in [0, 0.05) is 32.7 Å². The number of hydrogen-bond donors (Lipinski definition) is 1. The molecule has 1 aromatic rings. The first-order valence-corrected chi connectivity index (χ1v) is 7.60. The molecule has 0 bridgehead atoms. The second kappa shape index (κ2) is 6.47. The first kappa shape index (κ1) is 14.4. The SMILES string of the molecule is C=CCN1c2ccccc2N(CCN2CCOCC2)C1N. The molecule has 1 fully saturated rings. The Balaban J connectivity index is 1.70. The Morgan fingerprint density at radius 1 is 1.14 bits per heavy atom. The molecule has 1 saturated heterocycles. The molecule has 5 nitrogen and oxygen atoms in total. The van der Waals surface area contributed by atoms with Gasteiger partial charge < -0.3 is 14.5 Å². The molecule has 1 unspecified atom stereocenters. The number of anilines is 2. The zero-order valence-electron chi connectivity index (χ0n) is 12.4. The van der Waals surface area contributed by atoms with Crippen LogP contribution in [-0.2, 0) is 4.74 Å². The van der Waals surface area contributed by atoms with E-state index in [9.17, 15) is 0 Å². The van der Waals surface area contributed by atoms with E-state index >= 15 is 0 Å². The predicted octanol–water partition coefficient (Wildman–Crippen LogP) is 1.07. The molecular formula is C16H24N4O. The number of rotatable bonds is 5. The molecule has 2 aliphatic heterocycles. The summed E-state index contributed by atoms with van der Waals surface area (Å²) in [5, 5.41) is 0. The summed E-state index contributed by atoms with van der Waals surface area (Å²) < 4.78 is 5.40. The van der Waals surface area contributed by atoms with Crippen LogP contribution in [0.1, 0.15) is 0 Å². The van der Waals surface area contributed by atoms with Gasteiger partial charge in [-0.05, 0) is 12.1 Å². The fraction of sp³-hybridized carbons (Fsp3) is 0.500. The highest BCUT2D eigenvalue weighted by atomic mass is 16.5. The van der Waals surface area contributed by atoms with Gasteiger partial charge in [-0.1, -0.05) is 18.2 Å². The van der Waals surface area contributed by atoms with Gasteiger partial charge in [0.2, 0.25) is 0 Å². The highest BCUT2D eigenvalue weighted by Gasteiger charge is 2.32. The molecule has 2 aliphatic rings. The first-order chi connectivity index (χ1) is 10.3. The molecule has 2 heterocycles.